The van der Waals surface area contributed by atoms with Crippen molar-refractivity contribution in [2.45, 2.75) is 32.4 Å². The van der Waals surface area contributed by atoms with Crippen LogP contribution in [0.4, 0.5) is 0 Å². The number of likely N-dealkylation sites (N-methyl/N-ethyl adjacent to an activating group) is 1. The van der Waals surface area contributed by atoms with Gasteiger partial charge >= 0.3 is 0 Å². The molecule has 2 N–H and O–H groups in total. The number of rotatable bonds is 4. The van der Waals surface area contributed by atoms with Crippen molar-refractivity contribution in [3.63, 3.8) is 0 Å². The Morgan fingerprint density at radius 2 is 2.07 bits per heavy atom. The smallest absolute Gasteiger partial charge is 0.279 e. The Hall–Kier alpha value is 0.120. The molecule has 92 valence electrons. The van der Waals surface area contributed by atoms with Crippen molar-refractivity contribution in [3.8, 4) is 0 Å². The topological polar surface area (TPSA) is 61.4 Å². The van der Waals surface area contributed by atoms with E-state index in [-0.39, 0.29) is 24.5 Å². The predicted molar refractivity (Wildman–Crippen MR) is 63.5 cm³/mol. The molecule has 0 aromatic heterocycles. The van der Waals surface area contributed by atoms with Crippen molar-refractivity contribution in [3.05, 3.63) is 0 Å². The second-order valence-corrected chi connectivity index (χ2v) is 5.70. The fourth-order valence-corrected chi connectivity index (χ4v) is 2.86. The highest BCUT2D eigenvalue weighted by Gasteiger charge is 2.28. The third-order valence-corrected chi connectivity index (χ3v) is 4.14. The molecule has 0 aliphatic carbocycles. The van der Waals surface area contributed by atoms with Gasteiger partial charge < -0.3 is 5.32 Å². The van der Waals surface area contributed by atoms with Gasteiger partial charge in [0.25, 0.3) is 10.2 Å². The second kappa shape index (κ2) is 6.00. The zero-order valence-corrected chi connectivity index (χ0v) is 11.0. The van der Waals surface area contributed by atoms with Gasteiger partial charge in [0.2, 0.25) is 0 Å². The van der Waals surface area contributed by atoms with E-state index in [0.29, 0.717) is 0 Å². The van der Waals surface area contributed by atoms with Crippen LogP contribution >= 0.6 is 12.4 Å². The van der Waals surface area contributed by atoms with Crippen LogP contribution in [0.2, 0.25) is 0 Å². The van der Waals surface area contributed by atoms with E-state index in [0.717, 1.165) is 19.5 Å². The molecule has 1 atom stereocenters. The summed E-state index contributed by atoms with van der Waals surface area (Å²) in [7, 11) is -1.67. The van der Waals surface area contributed by atoms with Crippen molar-refractivity contribution >= 4 is 22.6 Å². The maximum atomic E-state index is 11.7. The Morgan fingerprint density at radius 3 is 2.47 bits per heavy atom. The molecule has 15 heavy (non-hydrogen) atoms. The van der Waals surface area contributed by atoms with Gasteiger partial charge in [0.15, 0.2) is 0 Å². The average Bonchev–Trinajstić information content (AvgIpc) is 2.51. The molecule has 1 rings (SSSR count). The Morgan fingerprint density at radius 1 is 1.47 bits per heavy atom. The summed E-state index contributed by atoms with van der Waals surface area (Å²) in [4.78, 5) is 0. The van der Waals surface area contributed by atoms with Crippen LogP contribution in [0.25, 0.3) is 0 Å². The summed E-state index contributed by atoms with van der Waals surface area (Å²) in [6.45, 7) is 5.28. The van der Waals surface area contributed by atoms with Gasteiger partial charge in [0.1, 0.15) is 0 Å². The van der Waals surface area contributed by atoms with Crippen molar-refractivity contribution in [2.75, 3.05) is 20.1 Å². The lowest BCUT2D eigenvalue weighted by molar-refractivity contribution is 0.378. The van der Waals surface area contributed by atoms with Gasteiger partial charge in [-0.3, -0.25) is 0 Å². The van der Waals surface area contributed by atoms with Crippen LogP contribution in [0.1, 0.15) is 20.3 Å². The van der Waals surface area contributed by atoms with Gasteiger partial charge in [-0.25, -0.2) is 0 Å². The zero-order chi connectivity index (χ0) is 10.8. The minimum absolute atomic E-state index is 0. The van der Waals surface area contributed by atoms with E-state index in [2.05, 4.69) is 10.0 Å². The van der Waals surface area contributed by atoms with Gasteiger partial charge in [0, 0.05) is 25.7 Å². The summed E-state index contributed by atoms with van der Waals surface area (Å²) in [6, 6.07) is 0.0306. The minimum atomic E-state index is -3.30. The van der Waals surface area contributed by atoms with Crippen molar-refractivity contribution in [1.82, 2.24) is 14.3 Å². The van der Waals surface area contributed by atoms with Crippen LogP contribution in [-0.4, -0.2) is 44.9 Å². The van der Waals surface area contributed by atoms with Crippen molar-refractivity contribution < 1.29 is 8.42 Å². The van der Waals surface area contributed by atoms with Crippen molar-refractivity contribution in [2.24, 2.45) is 0 Å². The van der Waals surface area contributed by atoms with Gasteiger partial charge in [-0.2, -0.15) is 17.4 Å². The molecule has 1 fully saturated rings. The summed E-state index contributed by atoms with van der Waals surface area (Å²) < 4.78 is 27.4. The fourth-order valence-electron chi connectivity index (χ4n) is 1.53. The molecule has 0 aromatic rings. The van der Waals surface area contributed by atoms with E-state index in [1.807, 2.05) is 13.8 Å². The fraction of sp³-hybridized carbons (Fsp3) is 1.00. The lowest BCUT2D eigenvalue weighted by Crippen LogP contribution is -2.47. The Labute approximate surface area is 98.2 Å². The van der Waals surface area contributed by atoms with E-state index in [9.17, 15) is 8.42 Å². The zero-order valence-electron chi connectivity index (χ0n) is 9.36. The maximum absolute atomic E-state index is 11.7. The standard InChI is InChI=1S/C8H19N3O2S.ClH/c1-7(2)10-14(12,13)11(3)8-4-5-9-6-8;/h7-10H,4-6H2,1-3H3;1H. The first-order chi connectivity index (χ1) is 6.43. The molecular weight excluding hydrogens is 238 g/mol. The first kappa shape index (κ1) is 15.1. The van der Waals surface area contributed by atoms with E-state index >= 15 is 0 Å². The minimum Gasteiger partial charge on any atom is -0.315 e. The molecule has 0 amide bonds. The summed E-state index contributed by atoms with van der Waals surface area (Å²) in [6.07, 6.45) is 0.884. The van der Waals surface area contributed by atoms with Crippen molar-refractivity contribution in [1.29, 1.82) is 0 Å². The normalized spacial score (nSPS) is 22.1. The lowest BCUT2D eigenvalue weighted by atomic mass is 10.3. The van der Waals surface area contributed by atoms with Gasteiger partial charge in [-0.05, 0) is 26.8 Å². The largest absolute Gasteiger partial charge is 0.315 e. The molecule has 0 aromatic carbocycles. The molecule has 7 heteroatoms. The molecule has 1 heterocycles. The molecule has 1 unspecified atom stereocenters. The molecule has 5 nitrogen and oxygen atoms in total. The van der Waals surface area contributed by atoms with E-state index in [4.69, 9.17) is 0 Å². The molecule has 1 aliphatic heterocycles. The number of nitrogens with one attached hydrogen (secondary N) is 2. The molecule has 0 spiro atoms. The third kappa shape index (κ3) is 4.24. The number of hydrogen-bond donors (Lipinski definition) is 2. The molecular formula is C8H20ClN3O2S. The Balaban J connectivity index is 0.00000196. The molecule has 1 aliphatic rings. The first-order valence-electron chi connectivity index (χ1n) is 4.89. The molecule has 0 saturated carbocycles. The van der Waals surface area contributed by atoms with Crippen LogP contribution in [0.15, 0.2) is 0 Å². The SMILES string of the molecule is CC(C)NS(=O)(=O)N(C)C1CCNC1.Cl. The Kier molecular flexibility index (Phi) is 6.05. The summed E-state index contributed by atoms with van der Waals surface area (Å²) in [5, 5.41) is 3.14. The Bertz CT molecular complexity index is 276. The van der Waals surface area contributed by atoms with Gasteiger partial charge in [-0.1, -0.05) is 0 Å². The number of halogens is 1. The molecule has 0 bridgehead atoms. The quantitative estimate of drug-likeness (QED) is 0.742. The second-order valence-electron chi connectivity index (χ2n) is 3.94. The lowest BCUT2D eigenvalue weighted by Gasteiger charge is -2.24. The first-order valence-corrected chi connectivity index (χ1v) is 6.33. The van der Waals surface area contributed by atoms with Gasteiger partial charge in [-0.15, -0.1) is 12.4 Å². The summed E-state index contributed by atoms with van der Waals surface area (Å²) in [5.74, 6) is 0. The van der Waals surface area contributed by atoms with Crippen LogP contribution in [0, 0.1) is 0 Å². The van der Waals surface area contributed by atoms with E-state index in [1.165, 1.54) is 4.31 Å². The molecule has 1 saturated heterocycles. The van der Waals surface area contributed by atoms with Crippen LogP contribution in [-0.2, 0) is 10.2 Å². The highest BCUT2D eigenvalue weighted by Crippen LogP contribution is 2.09. The predicted octanol–water partition coefficient (Wildman–Crippen LogP) is -0.0553. The summed E-state index contributed by atoms with van der Waals surface area (Å²) in [5.41, 5.74) is 0. The number of hydrogen-bond acceptors (Lipinski definition) is 3. The van der Waals surface area contributed by atoms with Gasteiger partial charge in [0.05, 0.1) is 0 Å². The average molecular weight is 258 g/mol. The molecule has 0 radical (unpaired) electrons. The van der Waals surface area contributed by atoms with Crippen LogP contribution in [0.5, 0.6) is 0 Å². The monoisotopic (exact) mass is 257 g/mol. The maximum Gasteiger partial charge on any atom is 0.279 e. The highest BCUT2D eigenvalue weighted by molar-refractivity contribution is 7.87. The number of nitrogens with zero attached hydrogens (tertiary/aromatic N) is 1. The third-order valence-electron chi connectivity index (χ3n) is 2.31. The van der Waals surface area contributed by atoms with Crippen LogP contribution in [0.3, 0.4) is 0 Å². The van der Waals surface area contributed by atoms with Crippen LogP contribution < -0.4 is 10.0 Å². The van der Waals surface area contributed by atoms with E-state index < -0.39 is 10.2 Å². The summed E-state index contributed by atoms with van der Waals surface area (Å²) >= 11 is 0. The van der Waals surface area contributed by atoms with E-state index in [1.54, 1.807) is 7.05 Å². The highest BCUT2D eigenvalue weighted by atomic mass is 35.5.